The number of carbonyl (C=O) groups is 2. The molecular weight excluding hydrogens is 390 g/mol. The zero-order chi connectivity index (χ0) is 21.9. The lowest BCUT2D eigenvalue weighted by atomic mass is 10.1. The lowest BCUT2D eigenvalue weighted by Crippen LogP contribution is -2.35. The van der Waals surface area contributed by atoms with E-state index in [0.29, 0.717) is 25.3 Å². The van der Waals surface area contributed by atoms with E-state index in [1.807, 2.05) is 66.7 Å². The molecule has 0 radical (unpaired) electrons. The number of carbonyl (C=O) groups excluding carboxylic acids is 2. The number of benzene rings is 3. The summed E-state index contributed by atoms with van der Waals surface area (Å²) in [4.78, 5) is 27.1. The zero-order valence-corrected chi connectivity index (χ0v) is 17.7. The number of hydrogen-bond donors (Lipinski definition) is 0. The van der Waals surface area contributed by atoms with Crippen molar-refractivity contribution in [2.45, 2.75) is 19.6 Å². The third kappa shape index (κ3) is 7.08. The fourth-order valence-corrected chi connectivity index (χ4v) is 3.26. The minimum absolute atomic E-state index is 0.221. The van der Waals surface area contributed by atoms with Crippen LogP contribution in [0.4, 0.5) is 0 Å². The largest absolute Gasteiger partial charge is 0.452 e. The Morgan fingerprint density at radius 1 is 0.806 bits per heavy atom. The number of hydrogen-bond acceptors (Lipinski definition) is 4. The van der Waals surface area contributed by atoms with Gasteiger partial charge in [0.15, 0.2) is 6.61 Å². The van der Waals surface area contributed by atoms with Gasteiger partial charge < -0.3 is 14.4 Å². The van der Waals surface area contributed by atoms with Crippen LogP contribution in [0, 0.1) is 0 Å². The highest BCUT2D eigenvalue weighted by Crippen LogP contribution is 2.10. The summed E-state index contributed by atoms with van der Waals surface area (Å²) >= 11 is 0. The molecule has 3 rings (SSSR count). The maximum Gasteiger partial charge on any atom is 0.338 e. The average Bonchev–Trinajstić information content (AvgIpc) is 2.81. The molecule has 31 heavy (non-hydrogen) atoms. The number of amides is 1. The van der Waals surface area contributed by atoms with Crippen molar-refractivity contribution in [3.05, 3.63) is 107 Å². The first kappa shape index (κ1) is 22.2. The van der Waals surface area contributed by atoms with Gasteiger partial charge in [0.2, 0.25) is 0 Å². The minimum Gasteiger partial charge on any atom is -0.452 e. The molecule has 0 aliphatic heterocycles. The van der Waals surface area contributed by atoms with E-state index in [9.17, 15) is 9.59 Å². The van der Waals surface area contributed by atoms with Gasteiger partial charge in [0, 0.05) is 20.2 Å². The summed E-state index contributed by atoms with van der Waals surface area (Å²) < 4.78 is 10.4. The van der Waals surface area contributed by atoms with Crippen LogP contribution in [0.1, 0.15) is 27.0 Å². The van der Waals surface area contributed by atoms with Gasteiger partial charge in [-0.15, -0.1) is 0 Å². The zero-order valence-electron chi connectivity index (χ0n) is 17.7. The third-order valence-corrected chi connectivity index (χ3v) is 4.88. The van der Waals surface area contributed by atoms with E-state index >= 15 is 0 Å². The first-order valence-electron chi connectivity index (χ1n) is 10.3. The number of nitrogens with zero attached hydrogens (tertiary/aromatic N) is 1. The molecule has 0 atom stereocenters. The highest BCUT2D eigenvalue weighted by atomic mass is 16.5. The molecule has 0 bridgehead atoms. The van der Waals surface area contributed by atoms with Crippen molar-refractivity contribution in [1.29, 1.82) is 0 Å². The summed E-state index contributed by atoms with van der Waals surface area (Å²) in [5.74, 6) is -0.741. The van der Waals surface area contributed by atoms with E-state index in [2.05, 4.69) is 0 Å². The fourth-order valence-electron chi connectivity index (χ4n) is 3.26. The molecule has 3 aromatic carbocycles. The topological polar surface area (TPSA) is 55.8 Å². The van der Waals surface area contributed by atoms with Crippen molar-refractivity contribution < 1.29 is 19.1 Å². The third-order valence-electron chi connectivity index (χ3n) is 4.88. The van der Waals surface area contributed by atoms with Crippen LogP contribution in [-0.2, 0) is 33.8 Å². The van der Waals surface area contributed by atoms with Crippen LogP contribution in [-0.4, -0.2) is 37.0 Å². The lowest BCUT2D eigenvalue weighted by molar-refractivity contribution is -0.135. The molecule has 0 saturated carbocycles. The van der Waals surface area contributed by atoms with Crippen LogP contribution in [0.5, 0.6) is 0 Å². The Bertz CT molecular complexity index is 973. The first-order valence-corrected chi connectivity index (χ1v) is 10.3. The summed E-state index contributed by atoms with van der Waals surface area (Å²) in [6.07, 6.45) is 0.729. The quantitative estimate of drug-likeness (QED) is 0.463. The summed E-state index contributed by atoms with van der Waals surface area (Å²) in [6, 6.07) is 26.8. The molecule has 0 fully saturated rings. The molecule has 0 aliphatic rings. The average molecular weight is 418 g/mol. The van der Waals surface area contributed by atoms with Crippen molar-refractivity contribution in [2.24, 2.45) is 0 Å². The van der Waals surface area contributed by atoms with Crippen LogP contribution < -0.4 is 0 Å². The van der Waals surface area contributed by atoms with Crippen LogP contribution in [0.3, 0.4) is 0 Å². The summed E-state index contributed by atoms with van der Waals surface area (Å²) in [5, 5.41) is 0. The van der Waals surface area contributed by atoms with E-state index in [4.69, 9.17) is 9.47 Å². The molecule has 3 aromatic rings. The molecule has 0 unspecified atom stereocenters. The second-order valence-electron chi connectivity index (χ2n) is 7.25. The van der Waals surface area contributed by atoms with E-state index in [1.54, 1.807) is 30.2 Å². The second kappa shape index (κ2) is 11.7. The number of methoxy groups -OCH3 is 1. The molecule has 0 heterocycles. The standard InChI is InChI=1S/C26H27NO4/c1-30-19-23-13-8-14-24(17-23)26(29)31-20-25(28)27(18-22-11-6-3-7-12-22)16-15-21-9-4-2-5-10-21/h2-14,17H,15-16,18-20H2,1H3. The van der Waals surface area contributed by atoms with Gasteiger partial charge >= 0.3 is 5.97 Å². The second-order valence-corrected chi connectivity index (χ2v) is 7.25. The normalized spacial score (nSPS) is 10.5. The lowest BCUT2D eigenvalue weighted by Gasteiger charge is -2.23. The predicted octanol–water partition coefficient (Wildman–Crippen LogP) is 4.26. The molecule has 0 aliphatic carbocycles. The SMILES string of the molecule is COCc1cccc(C(=O)OCC(=O)N(CCc2ccccc2)Cc2ccccc2)c1. The monoisotopic (exact) mass is 417 g/mol. The van der Waals surface area contributed by atoms with E-state index < -0.39 is 5.97 Å². The fraction of sp³-hybridized carbons (Fsp3) is 0.231. The van der Waals surface area contributed by atoms with Crippen LogP contribution >= 0.6 is 0 Å². The molecule has 1 amide bonds. The summed E-state index contributed by atoms with van der Waals surface area (Å²) in [7, 11) is 1.60. The first-order chi connectivity index (χ1) is 15.2. The molecule has 0 aromatic heterocycles. The smallest absolute Gasteiger partial charge is 0.338 e. The summed E-state index contributed by atoms with van der Waals surface area (Å²) in [6.45, 7) is 1.12. The highest BCUT2D eigenvalue weighted by Gasteiger charge is 2.17. The van der Waals surface area contributed by atoms with Gasteiger partial charge in [-0.05, 0) is 35.2 Å². The van der Waals surface area contributed by atoms with Crippen LogP contribution in [0.25, 0.3) is 0 Å². The Balaban J connectivity index is 1.62. The van der Waals surface area contributed by atoms with Gasteiger partial charge in [-0.3, -0.25) is 4.79 Å². The van der Waals surface area contributed by atoms with E-state index in [0.717, 1.165) is 23.1 Å². The maximum absolute atomic E-state index is 12.9. The number of ether oxygens (including phenoxy) is 2. The predicted molar refractivity (Wildman–Crippen MR) is 119 cm³/mol. The Morgan fingerprint density at radius 2 is 1.45 bits per heavy atom. The molecule has 5 nitrogen and oxygen atoms in total. The molecule has 0 saturated heterocycles. The molecule has 5 heteroatoms. The summed E-state index contributed by atoms with van der Waals surface area (Å²) in [5.41, 5.74) is 3.46. The van der Waals surface area contributed by atoms with Crippen molar-refractivity contribution in [1.82, 2.24) is 4.90 Å². The van der Waals surface area contributed by atoms with E-state index in [1.165, 1.54) is 0 Å². The van der Waals surface area contributed by atoms with Gasteiger partial charge in [0.1, 0.15) is 0 Å². The van der Waals surface area contributed by atoms with Crippen molar-refractivity contribution >= 4 is 11.9 Å². The van der Waals surface area contributed by atoms with Gasteiger partial charge in [0.25, 0.3) is 5.91 Å². The maximum atomic E-state index is 12.9. The van der Waals surface area contributed by atoms with Gasteiger partial charge in [0.05, 0.1) is 12.2 Å². The van der Waals surface area contributed by atoms with Crippen LogP contribution in [0.2, 0.25) is 0 Å². The number of rotatable bonds is 10. The number of esters is 1. The van der Waals surface area contributed by atoms with Crippen molar-refractivity contribution in [2.75, 3.05) is 20.3 Å². The molecule has 0 spiro atoms. The Morgan fingerprint density at radius 3 is 2.13 bits per heavy atom. The molecule has 160 valence electrons. The van der Waals surface area contributed by atoms with Crippen molar-refractivity contribution in [3.63, 3.8) is 0 Å². The molecule has 0 N–H and O–H groups in total. The van der Waals surface area contributed by atoms with Gasteiger partial charge in [-0.25, -0.2) is 4.79 Å². The van der Waals surface area contributed by atoms with Gasteiger partial charge in [-0.1, -0.05) is 72.8 Å². The van der Waals surface area contributed by atoms with Gasteiger partial charge in [-0.2, -0.15) is 0 Å². The van der Waals surface area contributed by atoms with Crippen molar-refractivity contribution in [3.8, 4) is 0 Å². The van der Waals surface area contributed by atoms with E-state index in [-0.39, 0.29) is 12.5 Å². The Hall–Kier alpha value is -3.44. The Kier molecular flexibility index (Phi) is 8.38. The van der Waals surface area contributed by atoms with Crippen LogP contribution in [0.15, 0.2) is 84.9 Å². The minimum atomic E-state index is -0.519. The Labute approximate surface area is 183 Å². The highest BCUT2D eigenvalue weighted by molar-refractivity contribution is 5.91. The molecular formula is C26H27NO4.